The molecule has 0 spiro atoms. The summed E-state index contributed by atoms with van der Waals surface area (Å²) < 4.78 is 38.8. The van der Waals surface area contributed by atoms with Gasteiger partial charge in [0.05, 0.1) is 18.9 Å². The maximum absolute atomic E-state index is 14.3. The van der Waals surface area contributed by atoms with Gasteiger partial charge in [-0.15, -0.1) is 0 Å². The van der Waals surface area contributed by atoms with E-state index >= 15 is 0 Å². The van der Waals surface area contributed by atoms with Crippen LogP contribution in [0.1, 0.15) is 31.1 Å². The predicted octanol–water partition coefficient (Wildman–Crippen LogP) is 2.65. The van der Waals surface area contributed by atoms with E-state index in [-0.39, 0.29) is 59.5 Å². The first-order valence-electron chi connectivity index (χ1n) is 9.34. The second-order valence-corrected chi connectivity index (χ2v) is 7.78. The molecule has 0 fully saturated rings. The molecule has 0 saturated carbocycles. The van der Waals surface area contributed by atoms with Gasteiger partial charge in [-0.3, -0.25) is 4.79 Å². The quantitative estimate of drug-likeness (QED) is 0.548. The zero-order valence-electron chi connectivity index (χ0n) is 16.9. The molecule has 7 nitrogen and oxygen atoms in total. The number of aliphatic hydroxyl groups excluding tert-OH is 1. The highest BCUT2D eigenvalue weighted by Crippen LogP contribution is 2.38. The fourth-order valence-electron chi connectivity index (χ4n) is 3.31. The zero-order valence-corrected chi connectivity index (χ0v) is 16.9. The van der Waals surface area contributed by atoms with E-state index in [0.29, 0.717) is 0 Å². The van der Waals surface area contributed by atoms with Crippen molar-refractivity contribution in [3.63, 3.8) is 0 Å². The van der Waals surface area contributed by atoms with Gasteiger partial charge in [-0.2, -0.15) is 0 Å². The van der Waals surface area contributed by atoms with Gasteiger partial charge in [0, 0.05) is 41.4 Å². The molecule has 0 bridgehead atoms. The first kappa shape index (κ1) is 21.8. The molecule has 0 aromatic heterocycles. The van der Waals surface area contributed by atoms with Crippen molar-refractivity contribution in [3.8, 4) is 17.2 Å². The molecule has 30 heavy (non-hydrogen) atoms. The van der Waals surface area contributed by atoms with Crippen LogP contribution < -0.4 is 20.1 Å². The number of aliphatic hydroxyl groups is 1. The minimum absolute atomic E-state index is 0.0135. The van der Waals surface area contributed by atoms with Crippen LogP contribution in [-0.2, 0) is 11.2 Å². The van der Waals surface area contributed by atoms with Crippen molar-refractivity contribution in [1.29, 1.82) is 0 Å². The lowest BCUT2D eigenvalue weighted by atomic mass is 9.93. The molecule has 1 heterocycles. The van der Waals surface area contributed by atoms with E-state index in [1.165, 1.54) is 19.2 Å². The number of amides is 1. The highest BCUT2D eigenvalue weighted by molar-refractivity contribution is 5.96. The lowest BCUT2D eigenvalue weighted by molar-refractivity contribution is -0.118. The molecule has 0 saturated heterocycles. The minimum atomic E-state index is -1.11. The Morgan fingerprint density at radius 2 is 1.93 bits per heavy atom. The maximum Gasteiger partial charge on any atom is 0.262 e. The first-order valence-corrected chi connectivity index (χ1v) is 9.34. The van der Waals surface area contributed by atoms with E-state index in [1.807, 2.05) is 0 Å². The summed E-state index contributed by atoms with van der Waals surface area (Å²) >= 11 is 0. The van der Waals surface area contributed by atoms with Crippen molar-refractivity contribution >= 4 is 11.6 Å². The van der Waals surface area contributed by atoms with E-state index in [4.69, 9.17) is 9.47 Å². The highest BCUT2D eigenvalue weighted by Gasteiger charge is 2.27. The Balaban J connectivity index is 1.73. The van der Waals surface area contributed by atoms with Crippen LogP contribution >= 0.6 is 0 Å². The van der Waals surface area contributed by atoms with E-state index in [1.54, 1.807) is 13.8 Å². The van der Waals surface area contributed by atoms with Crippen LogP contribution in [0.3, 0.4) is 0 Å². The maximum atomic E-state index is 14.3. The standard InChI is InChI=1S/C21H24F2N2O5/c1-21(2,8-14-15(22)6-12(29-3)7-16(14)23)24-9-18(27)13-4-11(26)5-17-20(13)30-10-19(28)25-17/h4-7,18,24,26-27H,8-10H2,1-3H3,(H,25,28)/t18-/m0/s1. The second kappa shape index (κ2) is 8.45. The molecule has 162 valence electrons. The molecule has 1 aliphatic heterocycles. The van der Waals surface area contributed by atoms with E-state index in [0.717, 1.165) is 12.1 Å². The van der Waals surface area contributed by atoms with Crippen LogP contribution in [-0.4, -0.2) is 41.9 Å². The number of phenols is 1. The number of halogens is 2. The molecule has 3 rings (SSSR count). The Labute approximate surface area is 172 Å². The molecule has 0 unspecified atom stereocenters. The molecule has 1 aliphatic rings. The molecular weight excluding hydrogens is 398 g/mol. The molecule has 1 atom stereocenters. The van der Waals surface area contributed by atoms with Gasteiger partial charge in [0.25, 0.3) is 5.91 Å². The SMILES string of the molecule is COc1cc(F)c(CC(C)(C)NC[C@H](O)c2cc(O)cc3c2OCC(=O)N3)c(F)c1. The van der Waals surface area contributed by atoms with Crippen molar-refractivity contribution < 1.29 is 33.3 Å². The van der Waals surface area contributed by atoms with Crippen molar-refractivity contribution in [3.05, 3.63) is 47.0 Å². The molecule has 1 amide bonds. The third kappa shape index (κ3) is 4.80. The number of carbonyl (C=O) groups is 1. The summed E-state index contributed by atoms with van der Waals surface area (Å²) in [4.78, 5) is 11.5. The van der Waals surface area contributed by atoms with Crippen LogP contribution in [0, 0.1) is 11.6 Å². The van der Waals surface area contributed by atoms with Gasteiger partial charge in [0.1, 0.15) is 28.9 Å². The molecular formula is C21H24F2N2O5. The smallest absolute Gasteiger partial charge is 0.262 e. The van der Waals surface area contributed by atoms with Crippen molar-refractivity contribution in [1.82, 2.24) is 5.32 Å². The average molecular weight is 422 g/mol. The third-order valence-electron chi connectivity index (χ3n) is 4.83. The number of methoxy groups -OCH3 is 1. The topological polar surface area (TPSA) is 100 Å². The number of ether oxygens (including phenoxy) is 2. The minimum Gasteiger partial charge on any atom is -0.508 e. The van der Waals surface area contributed by atoms with Crippen LogP contribution in [0.25, 0.3) is 0 Å². The molecule has 2 aromatic rings. The summed E-state index contributed by atoms with van der Waals surface area (Å²) in [6.45, 7) is 3.31. The summed E-state index contributed by atoms with van der Waals surface area (Å²) in [6, 6.07) is 4.91. The second-order valence-electron chi connectivity index (χ2n) is 7.78. The number of phenolic OH excluding ortho intramolecular Hbond substituents is 1. The van der Waals surface area contributed by atoms with Crippen molar-refractivity contribution in [2.45, 2.75) is 31.9 Å². The molecule has 2 aromatic carbocycles. The summed E-state index contributed by atoms with van der Waals surface area (Å²) in [7, 11) is 1.33. The lowest BCUT2D eigenvalue weighted by Gasteiger charge is -2.29. The van der Waals surface area contributed by atoms with Crippen LogP contribution in [0.2, 0.25) is 0 Å². The number of hydrogen-bond donors (Lipinski definition) is 4. The normalized spacial score (nSPS) is 14.5. The Bertz CT molecular complexity index is 942. The number of aromatic hydroxyl groups is 1. The average Bonchev–Trinajstić information content (AvgIpc) is 2.67. The number of nitrogens with one attached hydrogen (secondary N) is 2. The highest BCUT2D eigenvalue weighted by atomic mass is 19.1. The number of rotatable bonds is 7. The fourth-order valence-corrected chi connectivity index (χ4v) is 3.31. The Kier molecular flexibility index (Phi) is 6.14. The fraction of sp³-hybridized carbons (Fsp3) is 0.381. The predicted molar refractivity (Wildman–Crippen MR) is 106 cm³/mol. The largest absolute Gasteiger partial charge is 0.508 e. The number of hydrogen-bond acceptors (Lipinski definition) is 6. The van der Waals surface area contributed by atoms with Gasteiger partial charge in [-0.25, -0.2) is 8.78 Å². The lowest BCUT2D eigenvalue weighted by Crippen LogP contribution is -2.44. The number of carbonyl (C=O) groups excluding carboxylic acids is 1. The van der Waals surface area contributed by atoms with Gasteiger partial charge < -0.3 is 30.3 Å². The van der Waals surface area contributed by atoms with E-state index < -0.39 is 23.3 Å². The monoisotopic (exact) mass is 422 g/mol. The third-order valence-corrected chi connectivity index (χ3v) is 4.83. The Hall–Kier alpha value is -2.91. The number of fused-ring (bicyclic) bond motifs is 1. The van der Waals surface area contributed by atoms with Gasteiger partial charge in [-0.05, 0) is 26.3 Å². The Morgan fingerprint density at radius 3 is 2.57 bits per heavy atom. The summed E-state index contributed by atoms with van der Waals surface area (Å²) in [5, 5.41) is 26.2. The summed E-state index contributed by atoms with van der Waals surface area (Å²) in [6.07, 6.45) is -1.09. The number of benzene rings is 2. The van der Waals surface area contributed by atoms with Crippen LogP contribution in [0.5, 0.6) is 17.2 Å². The summed E-state index contributed by atoms with van der Waals surface area (Å²) in [5.41, 5.74) is -0.316. The number of anilines is 1. The van der Waals surface area contributed by atoms with Gasteiger partial charge in [0.2, 0.25) is 0 Å². The number of β-amino-alcohol motifs (C(OH)–C–C–N with tert-alkyl or cyclic N) is 1. The molecule has 9 heteroatoms. The van der Waals surface area contributed by atoms with E-state index in [9.17, 15) is 23.8 Å². The molecule has 0 radical (unpaired) electrons. The van der Waals surface area contributed by atoms with Crippen LogP contribution in [0.4, 0.5) is 14.5 Å². The Morgan fingerprint density at radius 1 is 1.27 bits per heavy atom. The summed E-state index contributed by atoms with van der Waals surface area (Å²) in [5.74, 6) is -1.57. The first-order chi connectivity index (χ1) is 14.1. The molecule has 4 N–H and O–H groups in total. The zero-order chi connectivity index (χ0) is 22.1. The van der Waals surface area contributed by atoms with Crippen molar-refractivity contribution in [2.75, 3.05) is 25.6 Å². The molecule has 0 aliphatic carbocycles. The van der Waals surface area contributed by atoms with Gasteiger partial charge in [-0.1, -0.05) is 0 Å². The van der Waals surface area contributed by atoms with Crippen LogP contribution in [0.15, 0.2) is 24.3 Å². The van der Waals surface area contributed by atoms with Gasteiger partial charge >= 0.3 is 0 Å². The van der Waals surface area contributed by atoms with E-state index in [2.05, 4.69) is 10.6 Å². The van der Waals surface area contributed by atoms with Gasteiger partial charge in [0.15, 0.2) is 6.61 Å². The van der Waals surface area contributed by atoms with Crippen molar-refractivity contribution in [2.24, 2.45) is 0 Å².